The number of benzene rings is 2. The Labute approximate surface area is 150 Å². The molecule has 0 aromatic heterocycles. The lowest BCUT2D eigenvalue weighted by molar-refractivity contribution is -0.142. The van der Waals surface area contributed by atoms with Crippen LogP contribution in [-0.4, -0.2) is 37.8 Å². The van der Waals surface area contributed by atoms with Gasteiger partial charge in [0.2, 0.25) is 6.10 Å². The van der Waals surface area contributed by atoms with Gasteiger partial charge in [-0.05, 0) is 43.3 Å². The van der Waals surface area contributed by atoms with Gasteiger partial charge < -0.3 is 24.3 Å². The topological polar surface area (TPSA) is 83.1 Å². The summed E-state index contributed by atoms with van der Waals surface area (Å²) in [6.45, 7) is 1.61. The summed E-state index contributed by atoms with van der Waals surface area (Å²) in [5.74, 6) is 0.878. The molecule has 0 bridgehead atoms. The molecule has 2 aromatic rings. The number of carbonyl (C=O) groups excluding carboxylic acids is 2. The molecule has 1 amide bonds. The van der Waals surface area contributed by atoms with Crippen LogP contribution >= 0.6 is 0 Å². The number of esters is 1. The van der Waals surface area contributed by atoms with Crippen LogP contribution in [0.25, 0.3) is 0 Å². The van der Waals surface area contributed by atoms with E-state index in [2.05, 4.69) is 10.1 Å². The number of rotatable bonds is 5. The highest BCUT2D eigenvalue weighted by Gasteiger charge is 2.34. The van der Waals surface area contributed by atoms with Crippen molar-refractivity contribution in [3.63, 3.8) is 0 Å². The van der Waals surface area contributed by atoms with Crippen LogP contribution in [0.3, 0.4) is 0 Å². The van der Waals surface area contributed by atoms with E-state index in [0.29, 0.717) is 22.9 Å². The van der Waals surface area contributed by atoms with Gasteiger partial charge in [0, 0.05) is 5.69 Å². The molecule has 7 nitrogen and oxygen atoms in total. The molecule has 1 N–H and O–H groups in total. The van der Waals surface area contributed by atoms with Gasteiger partial charge in [0.25, 0.3) is 5.91 Å². The first-order valence-electron chi connectivity index (χ1n) is 8.09. The Bertz CT molecular complexity index is 789. The van der Waals surface area contributed by atoms with E-state index in [0.717, 1.165) is 0 Å². The quantitative estimate of drug-likeness (QED) is 0.828. The normalized spacial score (nSPS) is 17.9. The fourth-order valence-electron chi connectivity index (χ4n) is 2.46. The van der Waals surface area contributed by atoms with E-state index < -0.39 is 18.2 Å². The summed E-state index contributed by atoms with van der Waals surface area (Å²) in [4.78, 5) is 23.6. The fraction of sp³-hybridized carbons (Fsp3) is 0.263. The minimum absolute atomic E-state index is 0.174. The number of ether oxygens (including phenoxy) is 4. The SMILES string of the molecule is COC(=O)COc1ccc(NC(=O)[C@@H]2Oc3ccccc3O[C@H]2C)cc1. The number of hydrogen-bond donors (Lipinski definition) is 1. The maximum Gasteiger partial charge on any atom is 0.343 e. The maximum absolute atomic E-state index is 12.5. The molecule has 2 aromatic carbocycles. The molecule has 0 radical (unpaired) electrons. The molecule has 0 spiro atoms. The number of hydrogen-bond acceptors (Lipinski definition) is 6. The van der Waals surface area contributed by atoms with E-state index in [1.807, 2.05) is 12.1 Å². The van der Waals surface area contributed by atoms with Crippen LogP contribution in [-0.2, 0) is 14.3 Å². The van der Waals surface area contributed by atoms with Gasteiger partial charge in [-0.3, -0.25) is 4.79 Å². The first kappa shape index (κ1) is 17.6. The van der Waals surface area contributed by atoms with Gasteiger partial charge in [-0.2, -0.15) is 0 Å². The number of para-hydroxylation sites is 2. The second-order valence-electron chi connectivity index (χ2n) is 5.69. The Balaban J connectivity index is 1.60. The van der Waals surface area contributed by atoms with Crippen LogP contribution in [0.15, 0.2) is 48.5 Å². The molecule has 0 aliphatic carbocycles. The third-order valence-corrected chi connectivity index (χ3v) is 3.81. The van der Waals surface area contributed by atoms with Gasteiger partial charge in [0.1, 0.15) is 11.9 Å². The molecular weight excluding hydrogens is 338 g/mol. The summed E-state index contributed by atoms with van der Waals surface area (Å²) in [7, 11) is 1.29. The smallest absolute Gasteiger partial charge is 0.343 e. The summed E-state index contributed by atoms with van der Waals surface area (Å²) < 4.78 is 21.3. The highest BCUT2D eigenvalue weighted by atomic mass is 16.6. The van der Waals surface area contributed by atoms with Crippen LogP contribution in [0.2, 0.25) is 0 Å². The van der Waals surface area contributed by atoms with Gasteiger partial charge >= 0.3 is 5.97 Å². The standard InChI is InChI=1S/C19H19NO6/c1-12-18(26-16-6-4-3-5-15(16)25-12)19(22)20-13-7-9-14(10-8-13)24-11-17(21)23-2/h3-10,12,18H,11H2,1-2H3,(H,20,22)/t12-,18+/m0/s1. The van der Waals surface area contributed by atoms with Crippen molar-refractivity contribution in [3.05, 3.63) is 48.5 Å². The van der Waals surface area contributed by atoms with Gasteiger partial charge in [-0.25, -0.2) is 4.79 Å². The van der Waals surface area contributed by atoms with E-state index >= 15 is 0 Å². The molecular formula is C19H19NO6. The molecule has 7 heteroatoms. The third kappa shape index (κ3) is 4.05. The second kappa shape index (κ2) is 7.77. The number of methoxy groups -OCH3 is 1. The van der Waals surface area contributed by atoms with E-state index in [4.69, 9.17) is 14.2 Å². The van der Waals surface area contributed by atoms with Crippen molar-refractivity contribution in [2.24, 2.45) is 0 Å². The third-order valence-electron chi connectivity index (χ3n) is 3.81. The molecule has 26 heavy (non-hydrogen) atoms. The molecule has 3 rings (SSSR count). The predicted molar refractivity (Wildman–Crippen MR) is 93.5 cm³/mol. The molecule has 1 aliphatic rings. The molecule has 0 saturated carbocycles. The van der Waals surface area contributed by atoms with Crippen molar-refractivity contribution in [2.45, 2.75) is 19.1 Å². The van der Waals surface area contributed by atoms with Crippen molar-refractivity contribution >= 4 is 17.6 Å². The Hall–Kier alpha value is -3.22. The van der Waals surface area contributed by atoms with Gasteiger partial charge in [0.15, 0.2) is 18.1 Å². The monoisotopic (exact) mass is 357 g/mol. The minimum atomic E-state index is -0.764. The molecule has 0 unspecified atom stereocenters. The summed E-state index contributed by atoms with van der Waals surface area (Å²) in [5, 5.41) is 2.78. The lowest BCUT2D eigenvalue weighted by Gasteiger charge is -2.31. The molecule has 0 fully saturated rings. The van der Waals surface area contributed by atoms with Crippen LogP contribution in [0, 0.1) is 0 Å². The first-order chi connectivity index (χ1) is 12.6. The molecule has 0 saturated heterocycles. The van der Waals surface area contributed by atoms with Crippen LogP contribution < -0.4 is 19.5 Å². The van der Waals surface area contributed by atoms with Crippen molar-refractivity contribution in [3.8, 4) is 17.2 Å². The number of nitrogens with one attached hydrogen (secondary N) is 1. The largest absolute Gasteiger partial charge is 0.482 e. The summed E-state index contributed by atoms with van der Waals surface area (Å²) in [6.07, 6.45) is -1.19. The van der Waals surface area contributed by atoms with Crippen molar-refractivity contribution in [1.29, 1.82) is 0 Å². The zero-order chi connectivity index (χ0) is 18.5. The van der Waals surface area contributed by atoms with E-state index in [1.165, 1.54) is 7.11 Å². The zero-order valence-corrected chi connectivity index (χ0v) is 14.4. The fourth-order valence-corrected chi connectivity index (χ4v) is 2.46. The minimum Gasteiger partial charge on any atom is -0.482 e. The number of amides is 1. The lowest BCUT2D eigenvalue weighted by atomic mass is 10.1. The zero-order valence-electron chi connectivity index (χ0n) is 14.4. The van der Waals surface area contributed by atoms with Gasteiger partial charge in [-0.1, -0.05) is 12.1 Å². The maximum atomic E-state index is 12.5. The molecule has 1 heterocycles. The number of anilines is 1. The Morgan fingerprint density at radius 1 is 1.04 bits per heavy atom. The summed E-state index contributed by atoms with van der Waals surface area (Å²) in [5.41, 5.74) is 0.579. The Kier molecular flexibility index (Phi) is 5.26. The number of fused-ring (bicyclic) bond motifs is 1. The van der Waals surface area contributed by atoms with E-state index in [1.54, 1.807) is 43.3 Å². The highest BCUT2D eigenvalue weighted by Crippen LogP contribution is 2.33. The molecule has 1 aliphatic heterocycles. The Morgan fingerprint density at radius 3 is 2.35 bits per heavy atom. The van der Waals surface area contributed by atoms with Crippen molar-refractivity contribution in [2.75, 3.05) is 19.0 Å². The average Bonchev–Trinajstić information content (AvgIpc) is 2.66. The van der Waals surface area contributed by atoms with Crippen molar-refractivity contribution < 1.29 is 28.5 Å². The van der Waals surface area contributed by atoms with Crippen molar-refractivity contribution in [1.82, 2.24) is 0 Å². The highest BCUT2D eigenvalue weighted by molar-refractivity contribution is 5.95. The van der Waals surface area contributed by atoms with Crippen LogP contribution in [0.5, 0.6) is 17.2 Å². The summed E-state index contributed by atoms with van der Waals surface area (Å²) >= 11 is 0. The van der Waals surface area contributed by atoms with Gasteiger partial charge in [0.05, 0.1) is 7.11 Å². The van der Waals surface area contributed by atoms with E-state index in [9.17, 15) is 9.59 Å². The number of carbonyl (C=O) groups is 2. The second-order valence-corrected chi connectivity index (χ2v) is 5.69. The summed E-state index contributed by atoms with van der Waals surface area (Å²) in [6, 6.07) is 13.9. The van der Waals surface area contributed by atoms with E-state index in [-0.39, 0.29) is 12.5 Å². The Morgan fingerprint density at radius 2 is 1.69 bits per heavy atom. The molecule has 2 atom stereocenters. The lowest BCUT2D eigenvalue weighted by Crippen LogP contribution is -2.46. The first-order valence-corrected chi connectivity index (χ1v) is 8.09. The van der Waals surface area contributed by atoms with Gasteiger partial charge in [-0.15, -0.1) is 0 Å². The van der Waals surface area contributed by atoms with Crippen LogP contribution in [0.4, 0.5) is 5.69 Å². The average molecular weight is 357 g/mol. The molecule has 136 valence electrons. The predicted octanol–water partition coefficient (Wildman–Crippen LogP) is 2.41. The van der Waals surface area contributed by atoms with Crippen LogP contribution in [0.1, 0.15) is 6.92 Å².